The Morgan fingerprint density at radius 3 is 2.69 bits per heavy atom. The predicted octanol–water partition coefficient (Wildman–Crippen LogP) is 0.967. The lowest BCUT2D eigenvalue weighted by Gasteiger charge is -2.18. The highest BCUT2D eigenvalue weighted by atomic mass is 15.2. The molecule has 2 N–H and O–H groups in total. The monoisotopic (exact) mass is 178 g/mol. The first-order valence-corrected chi connectivity index (χ1v) is 4.61. The third-order valence-corrected chi connectivity index (χ3v) is 2.50. The maximum Gasteiger partial charge on any atom is 0.137 e. The van der Waals surface area contributed by atoms with Gasteiger partial charge in [0.2, 0.25) is 0 Å². The lowest BCUT2D eigenvalue weighted by Crippen LogP contribution is -2.20. The molecule has 2 heterocycles. The standard InChI is InChI=1S/C9H14N4/c1-7-8(10)11-6-12-9(7)13-4-2-3-5-13/h6H,2-5H2,1H3,(H2,10,11,12). The Kier molecular flexibility index (Phi) is 2.04. The molecule has 0 amide bonds. The first-order chi connectivity index (χ1) is 6.29. The van der Waals surface area contributed by atoms with Crippen LogP contribution in [-0.4, -0.2) is 23.1 Å². The molecule has 1 aliphatic heterocycles. The first-order valence-electron chi connectivity index (χ1n) is 4.61. The van der Waals surface area contributed by atoms with Gasteiger partial charge in [0, 0.05) is 18.7 Å². The van der Waals surface area contributed by atoms with Crippen molar-refractivity contribution in [2.75, 3.05) is 23.7 Å². The molecule has 4 heteroatoms. The highest BCUT2D eigenvalue weighted by Gasteiger charge is 2.16. The third kappa shape index (κ3) is 1.43. The average Bonchev–Trinajstić information content (AvgIpc) is 2.62. The zero-order chi connectivity index (χ0) is 9.26. The van der Waals surface area contributed by atoms with Gasteiger partial charge in [-0.1, -0.05) is 0 Å². The Labute approximate surface area is 77.8 Å². The molecule has 0 atom stereocenters. The highest BCUT2D eigenvalue weighted by molar-refractivity contribution is 5.55. The number of nitrogen functional groups attached to an aromatic ring is 1. The zero-order valence-electron chi connectivity index (χ0n) is 7.82. The minimum absolute atomic E-state index is 0.594. The van der Waals surface area contributed by atoms with Gasteiger partial charge in [0.15, 0.2) is 0 Å². The zero-order valence-corrected chi connectivity index (χ0v) is 7.82. The van der Waals surface area contributed by atoms with E-state index in [4.69, 9.17) is 5.73 Å². The summed E-state index contributed by atoms with van der Waals surface area (Å²) in [7, 11) is 0. The lowest BCUT2D eigenvalue weighted by atomic mass is 10.3. The fraction of sp³-hybridized carbons (Fsp3) is 0.556. The van der Waals surface area contributed by atoms with E-state index in [1.807, 2.05) is 6.92 Å². The number of hydrogen-bond acceptors (Lipinski definition) is 4. The summed E-state index contributed by atoms with van der Waals surface area (Å²) in [5, 5.41) is 0. The maximum absolute atomic E-state index is 5.71. The average molecular weight is 178 g/mol. The summed E-state index contributed by atoms with van der Waals surface area (Å²) >= 11 is 0. The molecule has 70 valence electrons. The Hall–Kier alpha value is -1.32. The summed E-state index contributed by atoms with van der Waals surface area (Å²) in [6.07, 6.45) is 4.04. The molecule has 0 aromatic carbocycles. The van der Waals surface area contributed by atoms with Crippen LogP contribution in [0.3, 0.4) is 0 Å². The number of anilines is 2. The quantitative estimate of drug-likeness (QED) is 0.696. The molecule has 1 aliphatic rings. The Bertz CT molecular complexity index is 304. The van der Waals surface area contributed by atoms with Crippen molar-refractivity contribution < 1.29 is 0 Å². The summed E-state index contributed by atoms with van der Waals surface area (Å²) in [6, 6.07) is 0. The van der Waals surface area contributed by atoms with Gasteiger partial charge >= 0.3 is 0 Å². The molecule has 0 bridgehead atoms. The van der Waals surface area contributed by atoms with E-state index in [1.54, 1.807) is 0 Å². The molecule has 1 aromatic rings. The SMILES string of the molecule is Cc1c(N)ncnc1N1CCCC1. The number of hydrogen-bond donors (Lipinski definition) is 1. The molecule has 0 spiro atoms. The van der Waals surface area contributed by atoms with Crippen molar-refractivity contribution >= 4 is 11.6 Å². The molecular formula is C9H14N4. The normalized spacial score (nSPS) is 16.5. The van der Waals surface area contributed by atoms with E-state index in [0.29, 0.717) is 5.82 Å². The fourth-order valence-electron chi connectivity index (χ4n) is 1.70. The molecule has 13 heavy (non-hydrogen) atoms. The van der Waals surface area contributed by atoms with Crippen LogP contribution in [0.4, 0.5) is 11.6 Å². The van der Waals surface area contributed by atoms with E-state index in [1.165, 1.54) is 19.2 Å². The van der Waals surface area contributed by atoms with E-state index < -0.39 is 0 Å². The van der Waals surface area contributed by atoms with E-state index in [-0.39, 0.29) is 0 Å². The van der Waals surface area contributed by atoms with Gasteiger partial charge in [-0.15, -0.1) is 0 Å². The molecule has 0 aliphatic carbocycles. The number of rotatable bonds is 1. The first kappa shape index (κ1) is 8.29. The van der Waals surface area contributed by atoms with Gasteiger partial charge in [-0.3, -0.25) is 0 Å². The summed E-state index contributed by atoms with van der Waals surface area (Å²) in [5.41, 5.74) is 6.71. The van der Waals surface area contributed by atoms with Crippen molar-refractivity contribution in [1.82, 2.24) is 9.97 Å². The van der Waals surface area contributed by atoms with E-state index >= 15 is 0 Å². The van der Waals surface area contributed by atoms with Crippen LogP contribution in [0.1, 0.15) is 18.4 Å². The van der Waals surface area contributed by atoms with Crippen LogP contribution in [0.2, 0.25) is 0 Å². The van der Waals surface area contributed by atoms with Gasteiger partial charge in [-0.2, -0.15) is 0 Å². The fourth-order valence-corrected chi connectivity index (χ4v) is 1.70. The third-order valence-electron chi connectivity index (χ3n) is 2.50. The minimum atomic E-state index is 0.594. The Balaban J connectivity index is 2.33. The second kappa shape index (κ2) is 3.20. The Morgan fingerprint density at radius 1 is 1.31 bits per heavy atom. The Morgan fingerprint density at radius 2 is 2.00 bits per heavy atom. The van der Waals surface area contributed by atoms with Gasteiger partial charge < -0.3 is 10.6 Å². The van der Waals surface area contributed by atoms with Gasteiger partial charge in [-0.25, -0.2) is 9.97 Å². The largest absolute Gasteiger partial charge is 0.383 e. The van der Waals surface area contributed by atoms with Gasteiger partial charge in [-0.05, 0) is 19.8 Å². The number of nitrogens with zero attached hydrogens (tertiary/aromatic N) is 3. The summed E-state index contributed by atoms with van der Waals surface area (Å²) in [5.74, 6) is 1.60. The lowest BCUT2D eigenvalue weighted by molar-refractivity contribution is 0.918. The van der Waals surface area contributed by atoms with Crippen molar-refractivity contribution in [3.05, 3.63) is 11.9 Å². The molecule has 0 unspecified atom stereocenters. The van der Waals surface area contributed by atoms with Crippen LogP contribution in [0.5, 0.6) is 0 Å². The molecule has 1 saturated heterocycles. The molecule has 4 nitrogen and oxygen atoms in total. The van der Waals surface area contributed by atoms with Crippen LogP contribution in [-0.2, 0) is 0 Å². The van der Waals surface area contributed by atoms with E-state index in [9.17, 15) is 0 Å². The molecule has 1 aromatic heterocycles. The highest BCUT2D eigenvalue weighted by Crippen LogP contribution is 2.23. The van der Waals surface area contributed by atoms with Crippen LogP contribution < -0.4 is 10.6 Å². The van der Waals surface area contributed by atoms with Crippen molar-refractivity contribution in [3.8, 4) is 0 Å². The molecule has 2 rings (SSSR count). The van der Waals surface area contributed by atoms with E-state index in [2.05, 4.69) is 14.9 Å². The summed E-state index contributed by atoms with van der Waals surface area (Å²) < 4.78 is 0. The summed E-state index contributed by atoms with van der Waals surface area (Å²) in [6.45, 7) is 4.16. The number of aromatic nitrogens is 2. The van der Waals surface area contributed by atoms with Crippen LogP contribution >= 0.6 is 0 Å². The predicted molar refractivity (Wildman–Crippen MR) is 52.6 cm³/mol. The van der Waals surface area contributed by atoms with Gasteiger partial charge in [0.25, 0.3) is 0 Å². The van der Waals surface area contributed by atoms with Crippen molar-refractivity contribution in [1.29, 1.82) is 0 Å². The molecule has 0 radical (unpaired) electrons. The smallest absolute Gasteiger partial charge is 0.137 e. The van der Waals surface area contributed by atoms with Crippen molar-refractivity contribution in [3.63, 3.8) is 0 Å². The second-order valence-corrected chi connectivity index (χ2v) is 3.40. The molecule has 0 saturated carbocycles. The number of nitrogens with two attached hydrogens (primary N) is 1. The van der Waals surface area contributed by atoms with Crippen LogP contribution in [0.25, 0.3) is 0 Å². The molecular weight excluding hydrogens is 164 g/mol. The maximum atomic E-state index is 5.71. The van der Waals surface area contributed by atoms with Gasteiger partial charge in [0.1, 0.15) is 18.0 Å². The minimum Gasteiger partial charge on any atom is -0.383 e. The second-order valence-electron chi connectivity index (χ2n) is 3.40. The van der Waals surface area contributed by atoms with Crippen molar-refractivity contribution in [2.45, 2.75) is 19.8 Å². The topological polar surface area (TPSA) is 55.0 Å². The van der Waals surface area contributed by atoms with Crippen LogP contribution in [0, 0.1) is 6.92 Å². The molecule has 1 fully saturated rings. The van der Waals surface area contributed by atoms with Gasteiger partial charge in [0.05, 0.1) is 0 Å². The summed E-state index contributed by atoms with van der Waals surface area (Å²) in [4.78, 5) is 10.5. The van der Waals surface area contributed by atoms with Crippen LogP contribution in [0.15, 0.2) is 6.33 Å². The van der Waals surface area contributed by atoms with Crippen molar-refractivity contribution in [2.24, 2.45) is 0 Å². The van der Waals surface area contributed by atoms with E-state index in [0.717, 1.165) is 24.5 Å².